The molecule has 2 heteroatoms. The average Bonchev–Trinajstić information content (AvgIpc) is 2.17. The molecule has 0 radical (unpaired) electrons. The van der Waals surface area contributed by atoms with Crippen LogP contribution in [0.2, 0.25) is 0 Å². The van der Waals surface area contributed by atoms with Crippen LogP contribution in [0.25, 0.3) is 10.8 Å². The van der Waals surface area contributed by atoms with Crippen LogP contribution in [0.3, 0.4) is 0 Å². The van der Waals surface area contributed by atoms with Gasteiger partial charge in [0, 0.05) is 0 Å². The molecule has 1 unspecified atom stereocenters. The third-order valence-corrected chi connectivity index (χ3v) is 2.41. The smallest absolute Gasteiger partial charge is 0.0734 e. The highest BCUT2D eigenvalue weighted by molar-refractivity contribution is 7.80. The first-order valence-corrected chi connectivity index (χ1v) is 4.71. The Labute approximate surface area is 83.0 Å². The average molecular weight is 189 g/mol. The molecule has 13 heavy (non-hydrogen) atoms. The zero-order valence-corrected chi connectivity index (χ0v) is 8.04. The molecule has 0 bridgehead atoms. The topological polar surface area (TPSA) is 26.0 Å². The Morgan fingerprint density at radius 3 is 2.38 bits per heavy atom. The molecule has 0 aliphatic heterocycles. The molecule has 0 aromatic heterocycles. The molecule has 0 heterocycles. The molecule has 0 aliphatic carbocycles. The second kappa shape index (κ2) is 3.40. The van der Waals surface area contributed by atoms with Crippen molar-refractivity contribution in [2.45, 2.75) is 5.37 Å². The summed E-state index contributed by atoms with van der Waals surface area (Å²) in [6, 6.07) is 14.4. The van der Waals surface area contributed by atoms with Gasteiger partial charge in [-0.15, -0.1) is 0 Å². The molecule has 0 saturated carbocycles. The molecule has 2 N–H and O–H groups in total. The number of thiol groups is 1. The molecular weight excluding hydrogens is 178 g/mol. The van der Waals surface area contributed by atoms with Gasteiger partial charge < -0.3 is 5.73 Å². The van der Waals surface area contributed by atoms with E-state index in [-0.39, 0.29) is 5.37 Å². The lowest BCUT2D eigenvalue weighted by atomic mass is 10.1. The summed E-state index contributed by atoms with van der Waals surface area (Å²) in [6.45, 7) is 0. The van der Waals surface area contributed by atoms with Gasteiger partial charge in [0.2, 0.25) is 0 Å². The van der Waals surface area contributed by atoms with Gasteiger partial charge in [0.1, 0.15) is 0 Å². The Bertz CT molecular complexity index is 423. The monoisotopic (exact) mass is 189 g/mol. The Hall–Kier alpha value is -0.990. The van der Waals surface area contributed by atoms with E-state index in [1.807, 2.05) is 18.2 Å². The van der Waals surface area contributed by atoms with E-state index >= 15 is 0 Å². The van der Waals surface area contributed by atoms with E-state index in [4.69, 9.17) is 5.73 Å². The van der Waals surface area contributed by atoms with Crippen molar-refractivity contribution in [1.82, 2.24) is 0 Å². The van der Waals surface area contributed by atoms with Crippen molar-refractivity contribution >= 4 is 23.4 Å². The van der Waals surface area contributed by atoms with Crippen LogP contribution in [0.15, 0.2) is 42.5 Å². The molecule has 2 aromatic rings. The minimum atomic E-state index is -0.190. The molecule has 1 atom stereocenters. The predicted octanol–water partition coefficient (Wildman–Crippen LogP) is 2.73. The van der Waals surface area contributed by atoms with E-state index in [1.165, 1.54) is 10.8 Å². The van der Waals surface area contributed by atoms with Crippen LogP contribution in [-0.4, -0.2) is 0 Å². The van der Waals surface area contributed by atoms with Crippen molar-refractivity contribution in [1.29, 1.82) is 0 Å². The van der Waals surface area contributed by atoms with Gasteiger partial charge in [-0.05, 0) is 22.4 Å². The summed E-state index contributed by atoms with van der Waals surface area (Å²) in [4.78, 5) is 0. The second-order valence-electron chi connectivity index (χ2n) is 3.05. The first-order valence-electron chi connectivity index (χ1n) is 4.20. The zero-order valence-electron chi connectivity index (χ0n) is 7.14. The molecule has 2 rings (SSSR count). The SMILES string of the molecule is NC(S)c1ccc2ccccc2c1. The van der Waals surface area contributed by atoms with E-state index in [2.05, 4.69) is 36.9 Å². The van der Waals surface area contributed by atoms with Crippen molar-refractivity contribution in [2.75, 3.05) is 0 Å². The first kappa shape index (κ1) is 8.60. The number of nitrogens with two attached hydrogens (primary N) is 1. The highest BCUT2D eigenvalue weighted by atomic mass is 32.1. The van der Waals surface area contributed by atoms with E-state index < -0.39 is 0 Å². The summed E-state index contributed by atoms with van der Waals surface area (Å²) < 4.78 is 0. The molecule has 0 aliphatic rings. The first-order chi connectivity index (χ1) is 6.27. The molecule has 0 spiro atoms. The van der Waals surface area contributed by atoms with E-state index in [1.54, 1.807) is 0 Å². The van der Waals surface area contributed by atoms with Crippen LogP contribution in [0.5, 0.6) is 0 Å². The van der Waals surface area contributed by atoms with Gasteiger partial charge >= 0.3 is 0 Å². The lowest BCUT2D eigenvalue weighted by Crippen LogP contribution is -2.01. The Morgan fingerprint density at radius 1 is 1.00 bits per heavy atom. The van der Waals surface area contributed by atoms with Gasteiger partial charge in [0.05, 0.1) is 5.37 Å². The van der Waals surface area contributed by atoms with E-state index in [0.717, 1.165) is 5.56 Å². The lowest BCUT2D eigenvalue weighted by Gasteiger charge is -2.05. The molecule has 66 valence electrons. The van der Waals surface area contributed by atoms with Gasteiger partial charge in [-0.3, -0.25) is 0 Å². The maximum absolute atomic E-state index is 5.67. The number of hydrogen-bond donors (Lipinski definition) is 2. The van der Waals surface area contributed by atoms with Crippen molar-refractivity contribution < 1.29 is 0 Å². The maximum Gasteiger partial charge on any atom is 0.0734 e. The molecule has 0 saturated heterocycles. The summed E-state index contributed by atoms with van der Waals surface area (Å²) in [7, 11) is 0. The van der Waals surface area contributed by atoms with Crippen molar-refractivity contribution in [3.8, 4) is 0 Å². The molecule has 0 amide bonds. The Balaban J connectivity index is 2.62. The number of rotatable bonds is 1. The minimum absolute atomic E-state index is 0.190. The third kappa shape index (κ3) is 1.69. The van der Waals surface area contributed by atoms with Gasteiger partial charge in [-0.2, -0.15) is 12.6 Å². The number of fused-ring (bicyclic) bond motifs is 1. The molecule has 0 fully saturated rings. The second-order valence-corrected chi connectivity index (χ2v) is 3.61. The number of benzene rings is 2. The van der Waals surface area contributed by atoms with Crippen molar-refractivity contribution in [2.24, 2.45) is 5.73 Å². The van der Waals surface area contributed by atoms with E-state index in [0.29, 0.717) is 0 Å². The fraction of sp³-hybridized carbons (Fsp3) is 0.0909. The lowest BCUT2D eigenvalue weighted by molar-refractivity contribution is 1.05. The normalized spacial score (nSPS) is 13.1. The van der Waals surface area contributed by atoms with Crippen molar-refractivity contribution in [3.63, 3.8) is 0 Å². The quantitative estimate of drug-likeness (QED) is 0.523. The van der Waals surface area contributed by atoms with Crippen LogP contribution in [0, 0.1) is 0 Å². The number of hydrogen-bond acceptors (Lipinski definition) is 2. The maximum atomic E-state index is 5.67. The minimum Gasteiger partial charge on any atom is -0.316 e. The van der Waals surface area contributed by atoms with Crippen LogP contribution in [0.4, 0.5) is 0 Å². The van der Waals surface area contributed by atoms with Crippen molar-refractivity contribution in [3.05, 3.63) is 48.0 Å². The fourth-order valence-electron chi connectivity index (χ4n) is 1.39. The highest BCUT2D eigenvalue weighted by Gasteiger charge is 1.99. The largest absolute Gasteiger partial charge is 0.316 e. The summed E-state index contributed by atoms with van der Waals surface area (Å²) >= 11 is 4.19. The Kier molecular flexibility index (Phi) is 2.25. The van der Waals surface area contributed by atoms with Crippen LogP contribution in [0.1, 0.15) is 10.9 Å². The van der Waals surface area contributed by atoms with Gasteiger partial charge in [-0.1, -0.05) is 36.4 Å². The zero-order chi connectivity index (χ0) is 9.26. The third-order valence-electron chi connectivity index (χ3n) is 2.12. The van der Waals surface area contributed by atoms with Gasteiger partial charge in [0.25, 0.3) is 0 Å². The van der Waals surface area contributed by atoms with E-state index in [9.17, 15) is 0 Å². The fourth-order valence-corrected chi connectivity index (χ4v) is 1.55. The molecular formula is C11H11NS. The molecule has 1 nitrogen and oxygen atoms in total. The van der Waals surface area contributed by atoms with Gasteiger partial charge in [0.15, 0.2) is 0 Å². The molecule has 2 aromatic carbocycles. The summed E-state index contributed by atoms with van der Waals surface area (Å²) in [5.41, 5.74) is 6.73. The van der Waals surface area contributed by atoms with Crippen LogP contribution < -0.4 is 5.73 Å². The predicted molar refractivity (Wildman–Crippen MR) is 59.9 cm³/mol. The van der Waals surface area contributed by atoms with Crippen LogP contribution >= 0.6 is 12.6 Å². The summed E-state index contributed by atoms with van der Waals surface area (Å²) in [5, 5.41) is 2.26. The standard InChI is InChI=1S/C11H11NS/c12-11(13)10-6-5-8-3-1-2-4-9(8)7-10/h1-7,11,13H,12H2. The van der Waals surface area contributed by atoms with Gasteiger partial charge in [-0.25, -0.2) is 0 Å². The van der Waals surface area contributed by atoms with Crippen LogP contribution in [-0.2, 0) is 0 Å². The summed E-state index contributed by atoms with van der Waals surface area (Å²) in [5.74, 6) is 0. The highest BCUT2D eigenvalue weighted by Crippen LogP contribution is 2.20. The Morgan fingerprint density at radius 2 is 1.69 bits per heavy atom. The summed E-state index contributed by atoms with van der Waals surface area (Å²) in [6.07, 6.45) is 0.